The molecule has 0 saturated carbocycles. The molecule has 0 spiro atoms. The smallest absolute Gasteiger partial charge is 0.337 e. The van der Waals surface area contributed by atoms with Crippen LogP contribution in [0.3, 0.4) is 0 Å². The predicted octanol–water partition coefficient (Wildman–Crippen LogP) is 6.81. The van der Waals surface area contributed by atoms with Crippen molar-refractivity contribution in [2.45, 2.75) is 30.0 Å². The Bertz CT molecular complexity index is 2040. The Morgan fingerprint density at radius 3 is 2.53 bits per heavy atom. The first-order valence-corrected chi connectivity index (χ1v) is 16.0. The summed E-state index contributed by atoms with van der Waals surface area (Å²) < 4.78 is 7.15. The van der Waals surface area contributed by atoms with E-state index >= 15 is 0 Å². The van der Waals surface area contributed by atoms with Crippen LogP contribution in [0.25, 0.3) is 11.4 Å². The lowest BCUT2D eigenvalue weighted by molar-refractivity contribution is -0.132. The van der Waals surface area contributed by atoms with Gasteiger partial charge in [-0.3, -0.25) is 14.5 Å². The van der Waals surface area contributed by atoms with E-state index in [0.717, 1.165) is 22.5 Å². The van der Waals surface area contributed by atoms with Gasteiger partial charge in [0.15, 0.2) is 10.1 Å². The fourth-order valence-electron chi connectivity index (χ4n) is 5.08. The number of nitrogens with zero attached hydrogens (tertiary/aromatic N) is 5. The van der Waals surface area contributed by atoms with Gasteiger partial charge in [-0.1, -0.05) is 70.6 Å². The molecule has 1 aliphatic heterocycles. The zero-order valence-corrected chi connectivity index (χ0v) is 27.1. The molecule has 14 heteroatoms. The summed E-state index contributed by atoms with van der Waals surface area (Å²) in [7, 11) is 1.27. The molecule has 1 atom stereocenters. The first-order chi connectivity index (χ1) is 21.6. The average Bonchev–Trinajstić information content (AvgIpc) is 3.71. The van der Waals surface area contributed by atoms with Crippen molar-refractivity contribution in [1.82, 2.24) is 19.6 Å². The zero-order valence-electron chi connectivity index (χ0n) is 23.9. The molecular weight excluding hydrogens is 657 g/mol. The Balaban J connectivity index is 1.43. The number of amides is 1. The molecule has 1 N–H and O–H groups in total. The number of ether oxygens (including phenoxy) is 1. The molecule has 228 valence electrons. The largest absolute Gasteiger partial charge is 0.505 e. The van der Waals surface area contributed by atoms with Crippen LogP contribution >= 0.6 is 46.3 Å². The number of aliphatic hydroxyl groups excluding tert-OH is 1. The number of methoxy groups -OCH3 is 1. The number of halogens is 2. The molecule has 5 aromatic rings. The number of anilines is 1. The monoisotopic (exact) mass is 679 g/mol. The highest BCUT2D eigenvalue weighted by Gasteiger charge is 2.49. The number of carbonyl (C=O) groups excluding carboxylic acids is 3. The fraction of sp³-hybridized carbons (Fsp3) is 0.161. The predicted molar refractivity (Wildman–Crippen MR) is 173 cm³/mol. The van der Waals surface area contributed by atoms with Crippen LogP contribution in [0, 0.1) is 13.8 Å². The second kappa shape index (κ2) is 12.3. The third-order valence-electron chi connectivity index (χ3n) is 7.37. The van der Waals surface area contributed by atoms with Crippen molar-refractivity contribution in [3.63, 3.8) is 0 Å². The van der Waals surface area contributed by atoms with Gasteiger partial charge in [-0.2, -0.15) is 0 Å². The molecule has 1 fully saturated rings. The molecule has 1 saturated heterocycles. The van der Waals surface area contributed by atoms with Gasteiger partial charge in [0.2, 0.25) is 5.13 Å². The summed E-state index contributed by atoms with van der Waals surface area (Å²) in [6.07, 6.45) is 1.81. The Hall–Kier alpha value is -4.23. The molecule has 2 aromatic carbocycles. The summed E-state index contributed by atoms with van der Waals surface area (Å²) in [4.78, 5) is 45.3. The SMILES string of the molecule is COC(=O)c1ccc(C2C(=C(O)c3nc4c(C)cccn4c3C)C(=O)C(=O)N2c2nnc(SCc3ccc(Cl)cc3Cl)s2)cc1. The van der Waals surface area contributed by atoms with Gasteiger partial charge in [-0.05, 0) is 60.9 Å². The molecule has 45 heavy (non-hydrogen) atoms. The van der Waals surface area contributed by atoms with Crippen LogP contribution in [0.15, 0.2) is 70.7 Å². The van der Waals surface area contributed by atoms with E-state index < -0.39 is 29.5 Å². The highest BCUT2D eigenvalue weighted by atomic mass is 35.5. The van der Waals surface area contributed by atoms with E-state index in [1.807, 2.05) is 29.5 Å². The van der Waals surface area contributed by atoms with E-state index in [1.54, 1.807) is 37.4 Å². The first-order valence-electron chi connectivity index (χ1n) is 13.4. The number of aliphatic hydroxyl groups is 1. The van der Waals surface area contributed by atoms with Crippen LogP contribution in [-0.4, -0.2) is 49.5 Å². The van der Waals surface area contributed by atoms with Gasteiger partial charge in [0.05, 0.1) is 30.0 Å². The summed E-state index contributed by atoms with van der Waals surface area (Å²) in [6, 6.07) is 14.1. The number of Topliss-reactive ketones (excluding diaryl/α,β-unsaturated/α-hetero) is 1. The molecule has 3 aromatic heterocycles. The zero-order chi connectivity index (χ0) is 32.0. The minimum absolute atomic E-state index is 0.158. The van der Waals surface area contributed by atoms with E-state index in [1.165, 1.54) is 35.9 Å². The lowest BCUT2D eigenvalue weighted by atomic mass is 9.95. The Labute approximate surface area is 275 Å². The summed E-state index contributed by atoms with van der Waals surface area (Å²) in [6.45, 7) is 3.66. The maximum absolute atomic E-state index is 13.7. The molecular formula is C31H23Cl2N5O5S2. The minimum Gasteiger partial charge on any atom is -0.505 e. The first kappa shape index (κ1) is 30.8. The highest BCUT2D eigenvalue weighted by Crippen LogP contribution is 2.44. The van der Waals surface area contributed by atoms with Crippen molar-refractivity contribution < 1.29 is 24.2 Å². The van der Waals surface area contributed by atoms with Gasteiger partial charge in [-0.25, -0.2) is 9.78 Å². The number of aryl methyl sites for hydroxylation is 2. The summed E-state index contributed by atoms with van der Waals surface area (Å²) in [5.74, 6) is -2.29. The maximum Gasteiger partial charge on any atom is 0.337 e. The molecule has 0 radical (unpaired) electrons. The van der Waals surface area contributed by atoms with Crippen LogP contribution in [0.2, 0.25) is 10.0 Å². The molecule has 0 bridgehead atoms. The minimum atomic E-state index is -1.08. The second-order valence-electron chi connectivity index (χ2n) is 10.1. The quantitative estimate of drug-likeness (QED) is 0.0492. The van der Waals surface area contributed by atoms with Gasteiger partial charge in [0.1, 0.15) is 11.3 Å². The third-order valence-corrected chi connectivity index (χ3v) is 10.1. The summed E-state index contributed by atoms with van der Waals surface area (Å²) >= 11 is 14.8. The number of pyridine rings is 1. The average molecular weight is 681 g/mol. The number of esters is 1. The Morgan fingerprint density at radius 2 is 1.84 bits per heavy atom. The van der Waals surface area contributed by atoms with Gasteiger partial charge >= 0.3 is 11.9 Å². The molecule has 0 aliphatic carbocycles. The third kappa shape index (κ3) is 5.59. The lowest BCUT2D eigenvalue weighted by Gasteiger charge is -2.22. The van der Waals surface area contributed by atoms with Crippen molar-refractivity contribution >= 4 is 80.5 Å². The maximum atomic E-state index is 13.7. The number of fused-ring (bicyclic) bond motifs is 1. The molecule has 1 unspecified atom stereocenters. The fourth-order valence-corrected chi connectivity index (χ4v) is 7.50. The summed E-state index contributed by atoms with van der Waals surface area (Å²) in [5.41, 5.74) is 3.66. The number of thioether (sulfide) groups is 1. The van der Waals surface area contributed by atoms with E-state index in [0.29, 0.717) is 37.0 Å². The lowest BCUT2D eigenvalue weighted by Crippen LogP contribution is -2.29. The molecule has 1 aliphatic rings. The molecule has 6 rings (SSSR count). The molecule has 4 heterocycles. The molecule has 1 amide bonds. The molecule has 10 nitrogen and oxygen atoms in total. The number of rotatable bonds is 7. The van der Waals surface area contributed by atoms with Crippen molar-refractivity contribution in [2.24, 2.45) is 0 Å². The number of ketones is 1. The van der Waals surface area contributed by atoms with Crippen LogP contribution in [0.5, 0.6) is 0 Å². The van der Waals surface area contributed by atoms with Crippen LogP contribution in [-0.2, 0) is 20.1 Å². The van der Waals surface area contributed by atoms with Crippen LogP contribution in [0.4, 0.5) is 5.13 Å². The van der Waals surface area contributed by atoms with Crippen LogP contribution < -0.4 is 4.90 Å². The van der Waals surface area contributed by atoms with E-state index in [4.69, 9.17) is 27.9 Å². The van der Waals surface area contributed by atoms with Crippen LogP contribution in [0.1, 0.15) is 44.5 Å². The Morgan fingerprint density at radius 1 is 1.09 bits per heavy atom. The topological polar surface area (TPSA) is 127 Å². The van der Waals surface area contributed by atoms with Crippen molar-refractivity contribution in [1.29, 1.82) is 0 Å². The summed E-state index contributed by atoms with van der Waals surface area (Å²) in [5, 5.41) is 21.4. The number of aromatic nitrogens is 4. The number of imidazole rings is 1. The normalized spacial score (nSPS) is 16.1. The second-order valence-corrected chi connectivity index (χ2v) is 13.1. The number of carbonyl (C=O) groups is 3. The number of hydrogen-bond donors (Lipinski definition) is 1. The van der Waals surface area contributed by atoms with Crippen molar-refractivity contribution in [2.75, 3.05) is 12.0 Å². The van der Waals surface area contributed by atoms with E-state index in [9.17, 15) is 19.5 Å². The van der Waals surface area contributed by atoms with Gasteiger partial charge in [0, 0.05) is 22.0 Å². The van der Waals surface area contributed by atoms with Gasteiger partial charge in [-0.15, -0.1) is 10.2 Å². The van der Waals surface area contributed by atoms with Crippen molar-refractivity contribution in [3.8, 4) is 0 Å². The number of hydrogen-bond acceptors (Lipinski definition) is 10. The van der Waals surface area contributed by atoms with E-state index in [2.05, 4.69) is 15.2 Å². The highest BCUT2D eigenvalue weighted by molar-refractivity contribution is 8.00. The van der Waals surface area contributed by atoms with E-state index in [-0.39, 0.29) is 22.0 Å². The Kier molecular flexibility index (Phi) is 8.40. The van der Waals surface area contributed by atoms with Crippen molar-refractivity contribution in [3.05, 3.63) is 110 Å². The van der Waals surface area contributed by atoms with Gasteiger partial charge < -0.3 is 14.2 Å². The standard InChI is InChI=1S/C31H23Cl2N5O5S2/c1-15-5-4-12-37-16(2)23(34-27(15)37)25(39)22-24(17-6-8-18(9-7-17)29(42)43-3)38(28(41)26(22)40)30-35-36-31(45-30)44-14-19-10-11-20(32)13-21(19)33/h4-13,24,39H,14H2,1-3H3. The van der Waals surface area contributed by atoms with Gasteiger partial charge in [0.25, 0.3) is 5.78 Å². The number of benzene rings is 2.